The molecule has 6 heteroatoms. The van der Waals surface area contributed by atoms with Crippen LogP contribution in [-0.4, -0.2) is 61.4 Å². The number of rotatable bonds is 4. The molecule has 0 radical (unpaired) electrons. The van der Waals surface area contributed by atoms with Gasteiger partial charge in [-0.25, -0.2) is 4.79 Å². The van der Waals surface area contributed by atoms with Crippen molar-refractivity contribution in [2.45, 2.75) is 37.7 Å². The Bertz CT molecular complexity index is 579. The predicted molar refractivity (Wildman–Crippen MR) is 101 cm³/mol. The van der Waals surface area contributed by atoms with Gasteiger partial charge in [-0.15, -0.1) is 0 Å². The van der Waals surface area contributed by atoms with Gasteiger partial charge in [0.2, 0.25) is 0 Å². The van der Waals surface area contributed by atoms with Crippen LogP contribution in [0, 0.1) is 0 Å². The first kappa shape index (κ1) is 18.0. The van der Waals surface area contributed by atoms with E-state index in [-0.39, 0.29) is 6.03 Å². The lowest BCUT2D eigenvalue weighted by Crippen LogP contribution is -2.46. The van der Waals surface area contributed by atoms with Gasteiger partial charge in [-0.2, -0.15) is 0 Å². The van der Waals surface area contributed by atoms with Crippen LogP contribution in [-0.2, 0) is 0 Å². The van der Waals surface area contributed by atoms with E-state index < -0.39 is 5.60 Å². The molecule has 0 spiro atoms. The lowest BCUT2D eigenvalue weighted by atomic mass is 9.85. The molecule has 0 unspecified atom stereocenters. The molecule has 1 heterocycles. The molecular weight excluding hydrogens is 316 g/mol. The zero-order valence-corrected chi connectivity index (χ0v) is 15.1. The van der Waals surface area contributed by atoms with E-state index in [2.05, 4.69) is 33.5 Å². The van der Waals surface area contributed by atoms with Gasteiger partial charge >= 0.3 is 6.03 Å². The molecule has 0 aromatic heterocycles. The molecule has 1 aliphatic heterocycles. The minimum absolute atomic E-state index is 0.249. The van der Waals surface area contributed by atoms with E-state index >= 15 is 0 Å². The number of hydrogen-bond donors (Lipinski definition) is 3. The van der Waals surface area contributed by atoms with Gasteiger partial charge in [0.1, 0.15) is 0 Å². The molecule has 3 rings (SSSR count). The third-order valence-corrected chi connectivity index (χ3v) is 5.36. The van der Waals surface area contributed by atoms with Crippen molar-refractivity contribution in [1.82, 2.24) is 10.2 Å². The topological polar surface area (TPSA) is 67.8 Å². The van der Waals surface area contributed by atoms with Crippen molar-refractivity contribution in [2.24, 2.45) is 0 Å². The second-order valence-corrected chi connectivity index (χ2v) is 7.40. The summed E-state index contributed by atoms with van der Waals surface area (Å²) in [5.41, 5.74) is 1.13. The largest absolute Gasteiger partial charge is 0.388 e. The quantitative estimate of drug-likeness (QED) is 0.782. The number of nitrogens with one attached hydrogen (secondary N) is 2. The summed E-state index contributed by atoms with van der Waals surface area (Å²) in [6, 6.07) is 7.67. The van der Waals surface area contributed by atoms with Gasteiger partial charge in [0.05, 0.1) is 17.0 Å². The molecule has 2 amide bonds. The SMILES string of the molecule is CN1CCN(c2ccccc2NC(=O)NCC2(O)CCCCC2)CC1. The average Bonchev–Trinajstić information content (AvgIpc) is 2.62. The lowest BCUT2D eigenvalue weighted by Gasteiger charge is -2.35. The number of carbonyl (C=O) groups excluding carboxylic acids is 1. The summed E-state index contributed by atoms with van der Waals surface area (Å²) in [5, 5.41) is 16.3. The monoisotopic (exact) mass is 346 g/mol. The number of urea groups is 1. The normalized spacial score (nSPS) is 21.0. The highest BCUT2D eigenvalue weighted by Gasteiger charge is 2.29. The molecule has 0 atom stereocenters. The molecule has 1 saturated carbocycles. The summed E-state index contributed by atoms with van der Waals surface area (Å²) in [6.07, 6.45) is 4.78. The van der Waals surface area contributed by atoms with Crippen molar-refractivity contribution < 1.29 is 9.90 Å². The molecule has 1 aromatic rings. The Morgan fingerprint density at radius 3 is 2.52 bits per heavy atom. The number of amides is 2. The summed E-state index contributed by atoms with van der Waals surface area (Å²) in [5.74, 6) is 0. The molecule has 1 saturated heterocycles. The molecule has 138 valence electrons. The summed E-state index contributed by atoms with van der Waals surface area (Å²) in [4.78, 5) is 16.9. The Morgan fingerprint density at radius 2 is 1.80 bits per heavy atom. The number of carbonyl (C=O) groups is 1. The number of likely N-dealkylation sites (N-methyl/N-ethyl adjacent to an activating group) is 1. The van der Waals surface area contributed by atoms with Crippen LogP contribution in [0.5, 0.6) is 0 Å². The first-order valence-corrected chi connectivity index (χ1v) is 9.36. The van der Waals surface area contributed by atoms with Crippen molar-refractivity contribution in [3.63, 3.8) is 0 Å². The highest BCUT2D eigenvalue weighted by molar-refractivity contribution is 5.93. The molecular formula is C19H30N4O2. The Kier molecular flexibility index (Phi) is 5.81. The Hall–Kier alpha value is -1.79. The van der Waals surface area contributed by atoms with E-state index in [1.54, 1.807) is 0 Å². The van der Waals surface area contributed by atoms with Gasteiger partial charge in [0.25, 0.3) is 0 Å². The Morgan fingerprint density at radius 1 is 1.12 bits per heavy atom. The summed E-state index contributed by atoms with van der Waals surface area (Å²) in [6.45, 7) is 4.27. The molecule has 0 bridgehead atoms. The lowest BCUT2D eigenvalue weighted by molar-refractivity contribution is 0.00755. The first-order chi connectivity index (χ1) is 12.1. The van der Waals surface area contributed by atoms with E-state index in [1.807, 2.05) is 18.2 Å². The molecule has 25 heavy (non-hydrogen) atoms. The van der Waals surface area contributed by atoms with E-state index in [9.17, 15) is 9.90 Å². The predicted octanol–water partition coefficient (Wildman–Crippen LogP) is 2.26. The minimum Gasteiger partial charge on any atom is -0.388 e. The van der Waals surface area contributed by atoms with Crippen molar-refractivity contribution in [1.29, 1.82) is 0 Å². The molecule has 3 N–H and O–H groups in total. The number of hydrogen-bond acceptors (Lipinski definition) is 4. The summed E-state index contributed by atoms with van der Waals surface area (Å²) < 4.78 is 0. The standard InChI is InChI=1S/C19H30N4O2/c1-22-11-13-23(14-12-22)17-8-4-3-7-16(17)21-18(24)20-15-19(25)9-5-2-6-10-19/h3-4,7-8,25H,2,5-6,9-15H2,1H3,(H2,20,21,24). The molecule has 1 aliphatic carbocycles. The smallest absolute Gasteiger partial charge is 0.319 e. The second-order valence-electron chi connectivity index (χ2n) is 7.40. The number of para-hydroxylation sites is 2. The summed E-state index contributed by atoms with van der Waals surface area (Å²) >= 11 is 0. The fraction of sp³-hybridized carbons (Fsp3) is 0.632. The van der Waals surface area contributed by atoms with Crippen molar-refractivity contribution in [2.75, 3.05) is 50.0 Å². The third kappa shape index (κ3) is 4.86. The van der Waals surface area contributed by atoms with Crippen LogP contribution in [0.1, 0.15) is 32.1 Å². The van der Waals surface area contributed by atoms with Crippen LogP contribution in [0.2, 0.25) is 0 Å². The Labute approximate surface area is 150 Å². The first-order valence-electron chi connectivity index (χ1n) is 9.36. The Balaban J connectivity index is 1.58. The number of nitrogens with zero attached hydrogens (tertiary/aromatic N) is 2. The second kappa shape index (κ2) is 8.06. The van der Waals surface area contributed by atoms with Gasteiger partial charge in [-0.3, -0.25) is 0 Å². The third-order valence-electron chi connectivity index (χ3n) is 5.36. The zero-order valence-electron chi connectivity index (χ0n) is 15.1. The molecule has 1 aromatic carbocycles. The van der Waals surface area contributed by atoms with Crippen LogP contribution in [0.4, 0.5) is 16.2 Å². The van der Waals surface area contributed by atoms with Crippen LogP contribution >= 0.6 is 0 Å². The number of benzene rings is 1. The number of piperazine rings is 1. The van der Waals surface area contributed by atoms with Crippen LogP contribution in [0.15, 0.2) is 24.3 Å². The summed E-state index contributed by atoms with van der Waals surface area (Å²) in [7, 11) is 2.13. The molecule has 6 nitrogen and oxygen atoms in total. The highest BCUT2D eigenvalue weighted by Crippen LogP contribution is 2.28. The van der Waals surface area contributed by atoms with E-state index in [1.165, 1.54) is 6.42 Å². The maximum atomic E-state index is 12.3. The van der Waals surface area contributed by atoms with Crippen molar-refractivity contribution in [3.05, 3.63) is 24.3 Å². The van der Waals surface area contributed by atoms with Gasteiger partial charge < -0.3 is 25.5 Å². The average molecular weight is 346 g/mol. The zero-order chi connectivity index (χ0) is 17.7. The van der Waals surface area contributed by atoms with E-state index in [4.69, 9.17) is 0 Å². The van der Waals surface area contributed by atoms with Gasteiger partial charge in [-0.1, -0.05) is 31.4 Å². The highest BCUT2D eigenvalue weighted by atomic mass is 16.3. The fourth-order valence-electron chi connectivity index (χ4n) is 3.70. The molecule has 2 aliphatic rings. The van der Waals surface area contributed by atoms with E-state index in [0.717, 1.165) is 63.2 Å². The number of aliphatic hydroxyl groups is 1. The van der Waals surface area contributed by atoms with Gasteiger partial charge in [0.15, 0.2) is 0 Å². The van der Waals surface area contributed by atoms with E-state index in [0.29, 0.717) is 6.54 Å². The maximum absolute atomic E-state index is 12.3. The fourth-order valence-corrected chi connectivity index (χ4v) is 3.70. The van der Waals surface area contributed by atoms with Crippen LogP contribution in [0.25, 0.3) is 0 Å². The number of anilines is 2. The van der Waals surface area contributed by atoms with Crippen molar-refractivity contribution in [3.8, 4) is 0 Å². The van der Waals surface area contributed by atoms with Crippen LogP contribution in [0.3, 0.4) is 0 Å². The minimum atomic E-state index is -0.743. The molecule has 2 fully saturated rings. The maximum Gasteiger partial charge on any atom is 0.319 e. The van der Waals surface area contributed by atoms with Gasteiger partial charge in [0, 0.05) is 32.7 Å². The van der Waals surface area contributed by atoms with Crippen molar-refractivity contribution >= 4 is 17.4 Å². The van der Waals surface area contributed by atoms with Gasteiger partial charge in [-0.05, 0) is 32.0 Å². The van der Waals surface area contributed by atoms with Crippen LogP contribution < -0.4 is 15.5 Å².